The van der Waals surface area contributed by atoms with Gasteiger partial charge in [-0.3, -0.25) is 9.59 Å². The second-order valence-electron chi connectivity index (χ2n) is 8.05. The molecule has 2 aromatic rings. The van der Waals surface area contributed by atoms with E-state index in [0.29, 0.717) is 35.1 Å². The van der Waals surface area contributed by atoms with Crippen molar-refractivity contribution in [1.29, 1.82) is 0 Å². The van der Waals surface area contributed by atoms with E-state index in [2.05, 4.69) is 15.7 Å². The quantitative estimate of drug-likeness (QED) is 0.840. The maximum Gasteiger partial charge on any atom is 0.274 e. The van der Waals surface area contributed by atoms with Crippen LogP contribution in [0.4, 0.5) is 0 Å². The fraction of sp³-hybridized carbons (Fsp3) is 0.550. The molecule has 2 unspecified atom stereocenters. The standard InChI is InChI=1S/C20H26N4O2.ClH/c1-12(2)11-24-20(26)17-6-4-3-5-16(17)18(23-24)19(25)22-15-9-13-7-8-14(10-15)21-13;/h3-6,12-15,21H,7-11H2,1-2H3,(H,22,25);1H. The lowest BCUT2D eigenvalue weighted by molar-refractivity contribution is 0.0918. The second-order valence-corrected chi connectivity index (χ2v) is 8.05. The van der Waals surface area contributed by atoms with Gasteiger partial charge in [-0.1, -0.05) is 32.0 Å². The number of benzene rings is 1. The van der Waals surface area contributed by atoms with Gasteiger partial charge in [0.1, 0.15) is 0 Å². The van der Waals surface area contributed by atoms with Crippen LogP contribution < -0.4 is 16.2 Å². The number of nitrogens with one attached hydrogen (secondary N) is 2. The summed E-state index contributed by atoms with van der Waals surface area (Å²) in [6, 6.07) is 8.46. The Morgan fingerprint density at radius 1 is 1.22 bits per heavy atom. The van der Waals surface area contributed by atoms with Crippen molar-refractivity contribution in [2.24, 2.45) is 5.92 Å². The molecule has 0 spiro atoms. The smallest absolute Gasteiger partial charge is 0.274 e. The third-order valence-electron chi connectivity index (χ3n) is 5.43. The molecule has 2 N–H and O–H groups in total. The molecule has 2 bridgehead atoms. The van der Waals surface area contributed by atoms with E-state index in [9.17, 15) is 9.59 Å². The molecule has 2 saturated heterocycles. The molecule has 2 aliphatic rings. The molecule has 3 heterocycles. The summed E-state index contributed by atoms with van der Waals surface area (Å²) in [7, 11) is 0. The van der Waals surface area contributed by atoms with Crippen molar-refractivity contribution in [3.63, 3.8) is 0 Å². The third-order valence-corrected chi connectivity index (χ3v) is 5.43. The van der Waals surface area contributed by atoms with Gasteiger partial charge in [-0.25, -0.2) is 4.68 Å². The largest absolute Gasteiger partial charge is 0.348 e. The molecule has 146 valence electrons. The maximum absolute atomic E-state index is 13.0. The van der Waals surface area contributed by atoms with Crippen LogP contribution in [0, 0.1) is 5.92 Å². The molecule has 0 aliphatic carbocycles. The van der Waals surface area contributed by atoms with Crippen molar-refractivity contribution in [3.05, 3.63) is 40.3 Å². The first-order valence-corrected chi connectivity index (χ1v) is 9.58. The average Bonchev–Trinajstić information content (AvgIpc) is 2.95. The van der Waals surface area contributed by atoms with E-state index in [4.69, 9.17) is 0 Å². The number of amides is 1. The van der Waals surface area contributed by atoms with Crippen LogP contribution >= 0.6 is 12.4 Å². The Hall–Kier alpha value is -1.92. The van der Waals surface area contributed by atoms with E-state index in [1.54, 1.807) is 6.07 Å². The lowest BCUT2D eigenvalue weighted by Crippen LogP contribution is -2.48. The molecule has 2 aliphatic heterocycles. The number of fused-ring (bicyclic) bond motifs is 3. The van der Waals surface area contributed by atoms with Crippen LogP contribution in [0.15, 0.2) is 29.1 Å². The van der Waals surface area contributed by atoms with Gasteiger partial charge in [0.05, 0.1) is 5.39 Å². The first-order valence-electron chi connectivity index (χ1n) is 9.58. The van der Waals surface area contributed by atoms with Gasteiger partial charge in [0, 0.05) is 30.1 Å². The van der Waals surface area contributed by atoms with E-state index >= 15 is 0 Å². The summed E-state index contributed by atoms with van der Waals surface area (Å²) >= 11 is 0. The van der Waals surface area contributed by atoms with E-state index in [1.165, 1.54) is 17.5 Å². The molecule has 1 amide bonds. The zero-order valence-corrected chi connectivity index (χ0v) is 16.6. The predicted molar refractivity (Wildman–Crippen MR) is 109 cm³/mol. The maximum atomic E-state index is 13.0. The molecule has 1 aromatic carbocycles. The number of rotatable bonds is 4. The van der Waals surface area contributed by atoms with Crippen molar-refractivity contribution in [3.8, 4) is 0 Å². The van der Waals surface area contributed by atoms with Gasteiger partial charge >= 0.3 is 0 Å². The monoisotopic (exact) mass is 390 g/mol. The highest BCUT2D eigenvalue weighted by Crippen LogP contribution is 2.27. The van der Waals surface area contributed by atoms with Gasteiger partial charge in [-0.15, -0.1) is 12.4 Å². The van der Waals surface area contributed by atoms with Gasteiger partial charge in [-0.2, -0.15) is 5.10 Å². The summed E-state index contributed by atoms with van der Waals surface area (Å²) in [5.41, 5.74) is 0.220. The van der Waals surface area contributed by atoms with Crippen LogP contribution in [0.1, 0.15) is 50.0 Å². The fourth-order valence-electron chi connectivity index (χ4n) is 4.30. The van der Waals surface area contributed by atoms with Gasteiger partial charge in [0.25, 0.3) is 11.5 Å². The van der Waals surface area contributed by atoms with E-state index in [1.807, 2.05) is 32.0 Å². The van der Waals surface area contributed by atoms with Crippen molar-refractivity contribution in [2.45, 2.75) is 64.2 Å². The normalized spacial score (nSPS) is 24.0. The van der Waals surface area contributed by atoms with Gasteiger partial charge < -0.3 is 10.6 Å². The summed E-state index contributed by atoms with van der Waals surface area (Å²) in [5, 5.41) is 12.4. The molecule has 2 fully saturated rings. The van der Waals surface area contributed by atoms with Crippen molar-refractivity contribution >= 4 is 29.1 Å². The van der Waals surface area contributed by atoms with Gasteiger partial charge in [0.2, 0.25) is 0 Å². The minimum Gasteiger partial charge on any atom is -0.348 e. The molecule has 7 heteroatoms. The number of nitrogens with zero attached hydrogens (tertiary/aromatic N) is 2. The summed E-state index contributed by atoms with van der Waals surface area (Å²) in [6.07, 6.45) is 4.31. The van der Waals surface area contributed by atoms with E-state index < -0.39 is 0 Å². The summed E-state index contributed by atoms with van der Waals surface area (Å²) in [4.78, 5) is 25.7. The Morgan fingerprint density at radius 3 is 2.48 bits per heavy atom. The zero-order valence-electron chi connectivity index (χ0n) is 15.8. The summed E-state index contributed by atoms with van der Waals surface area (Å²) in [6.45, 7) is 4.57. The first-order chi connectivity index (χ1) is 12.5. The number of carbonyl (C=O) groups excluding carboxylic acids is 1. The van der Waals surface area contributed by atoms with Crippen LogP contribution in [-0.2, 0) is 6.54 Å². The lowest BCUT2D eigenvalue weighted by Gasteiger charge is -2.29. The number of carbonyl (C=O) groups is 1. The van der Waals surface area contributed by atoms with Crippen LogP contribution in [0.5, 0.6) is 0 Å². The van der Waals surface area contributed by atoms with Crippen molar-refractivity contribution in [1.82, 2.24) is 20.4 Å². The highest BCUT2D eigenvalue weighted by atomic mass is 35.5. The first kappa shape index (κ1) is 19.8. The van der Waals surface area contributed by atoms with Crippen LogP contribution in [0.3, 0.4) is 0 Å². The Labute approximate surface area is 165 Å². The van der Waals surface area contributed by atoms with Crippen molar-refractivity contribution in [2.75, 3.05) is 0 Å². The van der Waals surface area contributed by atoms with Gasteiger partial charge in [0.15, 0.2) is 5.69 Å². The fourth-order valence-corrected chi connectivity index (χ4v) is 4.30. The Bertz CT molecular complexity index is 883. The molecule has 0 saturated carbocycles. The minimum atomic E-state index is -0.176. The van der Waals surface area contributed by atoms with Crippen molar-refractivity contribution < 1.29 is 4.79 Å². The number of hydrogen-bond acceptors (Lipinski definition) is 4. The molecule has 1 aromatic heterocycles. The average molecular weight is 391 g/mol. The molecular formula is C20H27ClN4O2. The van der Waals surface area contributed by atoms with Crippen LogP contribution in [-0.4, -0.2) is 33.8 Å². The summed E-state index contributed by atoms with van der Waals surface area (Å²) < 4.78 is 1.44. The topological polar surface area (TPSA) is 76.0 Å². The second kappa shape index (κ2) is 7.98. The number of halogens is 1. The molecular weight excluding hydrogens is 364 g/mol. The highest BCUT2D eigenvalue weighted by molar-refractivity contribution is 6.04. The molecule has 2 atom stereocenters. The lowest BCUT2D eigenvalue weighted by atomic mass is 9.99. The Balaban J connectivity index is 0.00000210. The Morgan fingerprint density at radius 2 is 1.85 bits per heavy atom. The molecule has 0 radical (unpaired) electrons. The number of piperidine rings is 1. The number of hydrogen-bond donors (Lipinski definition) is 2. The van der Waals surface area contributed by atoms with Crippen LogP contribution in [0.2, 0.25) is 0 Å². The summed E-state index contributed by atoms with van der Waals surface area (Å²) in [5.74, 6) is 0.0994. The Kier molecular flexibility index (Phi) is 5.86. The predicted octanol–water partition coefficient (Wildman–Crippen LogP) is 2.49. The minimum absolute atomic E-state index is 0. The third kappa shape index (κ3) is 4.01. The van der Waals surface area contributed by atoms with E-state index in [0.717, 1.165) is 12.8 Å². The molecule has 27 heavy (non-hydrogen) atoms. The highest BCUT2D eigenvalue weighted by Gasteiger charge is 2.34. The number of aromatic nitrogens is 2. The molecule has 6 nitrogen and oxygen atoms in total. The van der Waals surface area contributed by atoms with E-state index in [-0.39, 0.29) is 35.8 Å². The zero-order chi connectivity index (χ0) is 18.3. The molecule has 4 rings (SSSR count). The van der Waals surface area contributed by atoms with Gasteiger partial charge in [-0.05, 0) is 37.7 Å². The van der Waals surface area contributed by atoms with Crippen LogP contribution in [0.25, 0.3) is 10.8 Å². The SMILES string of the molecule is CC(C)Cn1nc(C(=O)NC2CC3CCC(C2)N3)c2ccccc2c1=O.Cl.